The van der Waals surface area contributed by atoms with E-state index in [0.717, 1.165) is 12.5 Å². The van der Waals surface area contributed by atoms with E-state index in [2.05, 4.69) is 10.6 Å². The minimum atomic E-state index is -0.628. The first kappa shape index (κ1) is 27.7. The number of carbonyl (C=O) groups excluding carboxylic acids is 3. The number of benzene rings is 1. The van der Waals surface area contributed by atoms with Gasteiger partial charge in [-0.2, -0.15) is 0 Å². The third kappa shape index (κ3) is 6.48. The molecule has 1 aromatic rings. The lowest BCUT2D eigenvalue weighted by atomic mass is 9.75. The van der Waals surface area contributed by atoms with Crippen molar-refractivity contribution in [2.24, 2.45) is 17.3 Å². The summed E-state index contributed by atoms with van der Waals surface area (Å²) in [6.45, 7) is 6.51. The largest absolute Gasteiger partial charge is 0.496 e. The third-order valence-electron chi connectivity index (χ3n) is 7.36. The Morgan fingerprint density at radius 3 is 2.39 bits per heavy atom. The van der Waals surface area contributed by atoms with Crippen LogP contribution in [0.5, 0.6) is 11.5 Å². The molecule has 0 spiro atoms. The molecule has 0 unspecified atom stereocenters. The van der Waals surface area contributed by atoms with Gasteiger partial charge in [-0.15, -0.1) is 0 Å². The Morgan fingerprint density at radius 1 is 1.08 bits per heavy atom. The van der Waals surface area contributed by atoms with E-state index in [1.807, 2.05) is 20.8 Å². The Bertz CT molecular complexity index is 958. The number of methoxy groups -OCH3 is 2. The van der Waals surface area contributed by atoms with Gasteiger partial charge in [-0.05, 0) is 57.4 Å². The molecule has 2 aliphatic rings. The van der Waals surface area contributed by atoms with Gasteiger partial charge in [-0.25, -0.2) is 4.39 Å². The fourth-order valence-electron chi connectivity index (χ4n) is 5.08. The van der Waals surface area contributed by atoms with Crippen molar-refractivity contribution in [2.45, 2.75) is 77.9 Å². The number of rotatable bonds is 9. The number of carbonyl (C=O) groups is 3. The van der Waals surface area contributed by atoms with Crippen molar-refractivity contribution in [2.75, 3.05) is 20.8 Å². The molecule has 2 fully saturated rings. The standard InChI is InChI=1S/C27H39FN2O6/c1-16(2)15-29-24(31)18-7-6-8-21(18)30-25(32)19-13-23(20(28)14-22(19)34-4)36-17-9-11-27(3,12-10-17)26(33)35-5/h13-14,16-18,21H,6-12,15H2,1-5H3,(H,29,31)(H,30,32)/t17?,18-,21+,27?/m0/s1. The molecule has 0 aromatic heterocycles. The number of ether oxygens (including phenoxy) is 3. The van der Waals surface area contributed by atoms with Crippen LogP contribution in [-0.4, -0.2) is 50.7 Å². The van der Waals surface area contributed by atoms with Crippen LogP contribution in [0, 0.1) is 23.1 Å². The van der Waals surface area contributed by atoms with E-state index >= 15 is 0 Å². The molecule has 36 heavy (non-hydrogen) atoms. The molecule has 0 radical (unpaired) electrons. The van der Waals surface area contributed by atoms with Crippen molar-refractivity contribution < 1.29 is 33.0 Å². The van der Waals surface area contributed by atoms with E-state index < -0.39 is 17.1 Å². The van der Waals surface area contributed by atoms with E-state index in [-0.39, 0.29) is 47.0 Å². The summed E-state index contributed by atoms with van der Waals surface area (Å²) in [5.41, 5.74) is -0.422. The zero-order valence-corrected chi connectivity index (χ0v) is 21.9. The minimum Gasteiger partial charge on any atom is -0.496 e. The zero-order chi connectivity index (χ0) is 26.5. The summed E-state index contributed by atoms with van der Waals surface area (Å²) < 4.78 is 31.0. The van der Waals surface area contributed by atoms with Gasteiger partial charge in [0.1, 0.15) is 5.75 Å². The fourth-order valence-corrected chi connectivity index (χ4v) is 5.08. The second kappa shape index (κ2) is 11.9. The topological polar surface area (TPSA) is 103 Å². The van der Waals surface area contributed by atoms with Gasteiger partial charge in [0.15, 0.2) is 11.6 Å². The maximum atomic E-state index is 14.8. The van der Waals surface area contributed by atoms with Crippen LogP contribution >= 0.6 is 0 Å². The summed E-state index contributed by atoms with van der Waals surface area (Å²) in [6, 6.07) is 2.20. The van der Waals surface area contributed by atoms with Gasteiger partial charge in [0.25, 0.3) is 5.91 Å². The molecule has 0 bridgehead atoms. The molecule has 0 heterocycles. The number of hydrogen-bond acceptors (Lipinski definition) is 6. The van der Waals surface area contributed by atoms with Gasteiger partial charge in [-0.1, -0.05) is 20.3 Å². The van der Waals surface area contributed by atoms with Crippen molar-refractivity contribution in [3.8, 4) is 11.5 Å². The second-order valence-corrected chi connectivity index (χ2v) is 10.6. The number of hydrogen-bond donors (Lipinski definition) is 2. The molecular weight excluding hydrogens is 467 g/mol. The first-order valence-corrected chi connectivity index (χ1v) is 12.8. The van der Waals surface area contributed by atoms with Gasteiger partial charge in [0, 0.05) is 18.7 Å². The van der Waals surface area contributed by atoms with Crippen LogP contribution < -0.4 is 20.1 Å². The molecule has 1 aromatic carbocycles. The average molecular weight is 507 g/mol. The quantitative estimate of drug-likeness (QED) is 0.491. The zero-order valence-electron chi connectivity index (χ0n) is 21.9. The van der Waals surface area contributed by atoms with E-state index in [1.54, 1.807) is 0 Å². The second-order valence-electron chi connectivity index (χ2n) is 10.6. The van der Waals surface area contributed by atoms with Crippen LogP contribution in [0.15, 0.2) is 12.1 Å². The first-order chi connectivity index (χ1) is 17.1. The molecule has 0 saturated heterocycles. The van der Waals surface area contributed by atoms with Crippen molar-refractivity contribution in [1.29, 1.82) is 0 Å². The smallest absolute Gasteiger partial charge is 0.311 e. The summed E-state index contributed by atoms with van der Waals surface area (Å²) in [6.07, 6.45) is 4.21. The molecule has 2 saturated carbocycles. The molecule has 2 N–H and O–H groups in total. The fraction of sp³-hybridized carbons (Fsp3) is 0.667. The normalized spacial score (nSPS) is 25.8. The average Bonchev–Trinajstić information content (AvgIpc) is 3.32. The Hall–Kier alpha value is -2.84. The van der Waals surface area contributed by atoms with Crippen LogP contribution in [0.1, 0.15) is 76.1 Å². The maximum Gasteiger partial charge on any atom is 0.311 e. The summed E-state index contributed by atoms with van der Waals surface area (Å²) in [5.74, 6) is -1.28. The Morgan fingerprint density at radius 2 is 1.78 bits per heavy atom. The van der Waals surface area contributed by atoms with Crippen molar-refractivity contribution in [3.05, 3.63) is 23.5 Å². The Labute approximate surface area is 212 Å². The molecule has 8 nitrogen and oxygen atoms in total. The van der Waals surface area contributed by atoms with E-state index in [1.165, 1.54) is 20.3 Å². The number of esters is 1. The van der Waals surface area contributed by atoms with Crippen molar-refractivity contribution in [3.63, 3.8) is 0 Å². The van der Waals surface area contributed by atoms with Gasteiger partial charge >= 0.3 is 5.97 Å². The number of halogens is 1. The molecule has 9 heteroatoms. The number of amides is 2. The highest BCUT2D eigenvalue weighted by molar-refractivity contribution is 5.98. The SMILES string of the molecule is COC(=O)C1(C)CCC(Oc2cc(C(=O)N[C@@H]3CCC[C@@H]3C(=O)NCC(C)C)c(OC)cc2F)CC1. The monoisotopic (exact) mass is 506 g/mol. The molecule has 0 aliphatic heterocycles. The van der Waals surface area contributed by atoms with E-state index in [4.69, 9.17) is 14.2 Å². The van der Waals surface area contributed by atoms with Crippen molar-refractivity contribution in [1.82, 2.24) is 10.6 Å². The maximum absolute atomic E-state index is 14.8. The molecule has 2 amide bonds. The third-order valence-corrected chi connectivity index (χ3v) is 7.36. The van der Waals surface area contributed by atoms with Gasteiger partial charge in [-0.3, -0.25) is 14.4 Å². The highest BCUT2D eigenvalue weighted by atomic mass is 19.1. The lowest BCUT2D eigenvalue weighted by Crippen LogP contribution is -2.44. The van der Waals surface area contributed by atoms with Gasteiger partial charge in [0.05, 0.1) is 37.2 Å². The predicted octanol–water partition coefficient (Wildman–Crippen LogP) is 4.01. The first-order valence-electron chi connectivity index (χ1n) is 12.8. The highest BCUT2D eigenvalue weighted by Crippen LogP contribution is 2.39. The van der Waals surface area contributed by atoms with E-state index in [0.29, 0.717) is 51.0 Å². The Kier molecular flexibility index (Phi) is 9.19. The van der Waals surface area contributed by atoms with Crippen LogP contribution in [0.2, 0.25) is 0 Å². The summed E-state index contributed by atoms with van der Waals surface area (Å²) in [5, 5.41) is 5.91. The highest BCUT2D eigenvalue weighted by Gasteiger charge is 2.39. The van der Waals surface area contributed by atoms with Crippen molar-refractivity contribution >= 4 is 17.8 Å². The number of nitrogens with one attached hydrogen (secondary N) is 2. The molecule has 3 rings (SSSR count). The molecule has 2 aliphatic carbocycles. The summed E-state index contributed by atoms with van der Waals surface area (Å²) in [4.78, 5) is 37.9. The van der Waals surface area contributed by atoms with E-state index in [9.17, 15) is 18.8 Å². The summed E-state index contributed by atoms with van der Waals surface area (Å²) >= 11 is 0. The lowest BCUT2D eigenvalue weighted by molar-refractivity contribution is -0.154. The summed E-state index contributed by atoms with van der Waals surface area (Å²) in [7, 11) is 2.75. The molecule has 2 atom stereocenters. The lowest BCUT2D eigenvalue weighted by Gasteiger charge is -2.35. The molecule has 200 valence electrons. The van der Waals surface area contributed by atoms with Crippen LogP contribution in [0.4, 0.5) is 4.39 Å². The van der Waals surface area contributed by atoms with Gasteiger partial charge < -0.3 is 24.8 Å². The van der Waals surface area contributed by atoms with Crippen LogP contribution in [0.25, 0.3) is 0 Å². The molecular formula is C27H39FN2O6. The minimum absolute atomic E-state index is 0.0368. The van der Waals surface area contributed by atoms with Crippen LogP contribution in [0.3, 0.4) is 0 Å². The van der Waals surface area contributed by atoms with Gasteiger partial charge in [0.2, 0.25) is 5.91 Å². The van der Waals surface area contributed by atoms with Crippen LogP contribution in [-0.2, 0) is 14.3 Å². The Balaban J connectivity index is 1.70. The predicted molar refractivity (Wildman–Crippen MR) is 132 cm³/mol.